The summed E-state index contributed by atoms with van der Waals surface area (Å²) < 4.78 is 0. The van der Waals surface area contributed by atoms with Gasteiger partial charge in [-0.1, -0.05) is 20.8 Å². The molecule has 0 aromatic rings. The predicted octanol–water partition coefficient (Wildman–Crippen LogP) is 2.66. The Hall–Kier alpha value is -0.0400. The molecule has 0 aliphatic carbocycles. The van der Waals surface area contributed by atoms with Crippen LogP contribution in [0.2, 0.25) is 0 Å². The van der Waals surface area contributed by atoms with Crippen LogP contribution in [0, 0.1) is 0 Å². The van der Waals surface area contributed by atoms with Gasteiger partial charge in [-0.2, -0.15) is 0 Å². The minimum absolute atomic E-state index is 0.869. The van der Waals surface area contributed by atoms with E-state index in [-0.39, 0.29) is 0 Å². The number of hydrogen-bond donors (Lipinski definition) is 0. The van der Waals surface area contributed by atoms with E-state index in [1.165, 1.54) is 32.2 Å². The molecule has 1 heterocycles. The maximum absolute atomic E-state index is 2.68. The molecule has 1 unspecified atom stereocenters. The van der Waals surface area contributed by atoms with E-state index < -0.39 is 0 Å². The van der Waals surface area contributed by atoms with Gasteiger partial charge in [0.15, 0.2) is 0 Å². The van der Waals surface area contributed by atoms with Crippen molar-refractivity contribution in [1.82, 2.24) is 4.90 Å². The molecule has 11 heavy (non-hydrogen) atoms. The first-order chi connectivity index (χ1) is 5.33. The largest absolute Gasteiger partial charge is 0.297 e. The second-order valence-corrected chi connectivity index (χ2v) is 3.56. The van der Waals surface area contributed by atoms with Gasteiger partial charge in [-0.15, -0.1) is 0 Å². The smallest absolute Gasteiger partial charge is 0.0108 e. The van der Waals surface area contributed by atoms with Crippen molar-refractivity contribution >= 4 is 0 Å². The molecule has 1 saturated heterocycles. The van der Waals surface area contributed by atoms with Crippen LogP contribution in [0.4, 0.5) is 0 Å². The van der Waals surface area contributed by atoms with E-state index in [9.17, 15) is 0 Å². The molecule has 1 fully saturated rings. The average Bonchev–Trinajstić information content (AvgIpc) is 1.98. The van der Waals surface area contributed by atoms with Gasteiger partial charge in [0.25, 0.3) is 0 Å². The van der Waals surface area contributed by atoms with Crippen molar-refractivity contribution in [2.75, 3.05) is 6.54 Å². The van der Waals surface area contributed by atoms with Crippen LogP contribution in [0.3, 0.4) is 0 Å². The van der Waals surface area contributed by atoms with Crippen molar-refractivity contribution in [2.24, 2.45) is 0 Å². The zero-order valence-corrected chi connectivity index (χ0v) is 8.14. The molecule has 0 spiro atoms. The lowest BCUT2D eigenvalue weighted by atomic mass is 9.95. The minimum Gasteiger partial charge on any atom is -0.297 e. The van der Waals surface area contributed by atoms with Gasteiger partial charge in [0.05, 0.1) is 0 Å². The van der Waals surface area contributed by atoms with Gasteiger partial charge in [-0.3, -0.25) is 4.90 Å². The molecular weight excluding hydrogens is 134 g/mol. The van der Waals surface area contributed by atoms with E-state index in [4.69, 9.17) is 0 Å². The van der Waals surface area contributed by atoms with Crippen LogP contribution in [0.1, 0.15) is 46.5 Å². The number of rotatable bonds is 4. The maximum atomic E-state index is 2.68. The predicted molar refractivity (Wildman–Crippen MR) is 49.8 cm³/mol. The normalized spacial score (nSPS) is 25.6. The van der Waals surface area contributed by atoms with E-state index in [0.29, 0.717) is 0 Å². The Kier molecular flexibility index (Phi) is 3.38. The van der Waals surface area contributed by atoms with Gasteiger partial charge in [-0.05, 0) is 25.7 Å². The van der Waals surface area contributed by atoms with Gasteiger partial charge in [0.1, 0.15) is 0 Å². The van der Waals surface area contributed by atoms with Crippen LogP contribution >= 0.6 is 0 Å². The molecule has 1 aliphatic heterocycles. The van der Waals surface area contributed by atoms with Crippen LogP contribution in [0.5, 0.6) is 0 Å². The number of likely N-dealkylation sites (tertiary alicyclic amines) is 1. The van der Waals surface area contributed by atoms with Crippen LogP contribution in [0.15, 0.2) is 0 Å². The van der Waals surface area contributed by atoms with Gasteiger partial charge in [-0.25, -0.2) is 0 Å². The van der Waals surface area contributed by atoms with E-state index in [1.54, 1.807) is 0 Å². The first-order valence-corrected chi connectivity index (χ1v) is 5.09. The average molecular weight is 155 g/mol. The van der Waals surface area contributed by atoms with Crippen molar-refractivity contribution in [2.45, 2.75) is 58.5 Å². The van der Waals surface area contributed by atoms with Gasteiger partial charge in [0, 0.05) is 18.6 Å². The summed E-state index contributed by atoms with van der Waals surface area (Å²) in [6.07, 6.45) is 5.43. The molecule has 0 amide bonds. The van der Waals surface area contributed by atoms with Crippen LogP contribution < -0.4 is 0 Å². The van der Waals surface area contributed by atoms with E-state index >= 15 is 0 Å². The summed E-state index contributed by atoms with van der Waals surface area (Å²) in [4.78, 5) is 2.68. The fourth-order valence-electron chi connectivity index (χ4n) is 2.14. The van der Waals surface area contributed by atoms with Crippen LogP contribution in [0.25, 0.3) is 0 Å². The van der Waals surface area contributed by atoms with Gasteiger partial charge >= 0.3 is 0 Å². The Morgan fingerprint density at radius 1 is 1.27 bits per heavy atom. The quantitative estimate of drug-likeness (QED) is 0.603. The Balaban J connectivity index is 2.33. The van der Waals surface area contributed by atoms with E-state index in [2.05, 4.69) is 25.7 Å². The van der Waals surface area contributed by atoms with Gasteiger partial charge < -0.3 is 0 Å². The molecule has 0 aromatic carbocycles. The summed E-state index contributed by atoms with van der Waals surface area (Å²) in [5.74, 6) is 0. The summed E-state index contributed by atoms with van der Waals surface area (Å²) in [5, 5.41) is 0. The highest BCUT2D eigenvalue weighted by molar-refractivity contribution is 4.85. The van der Waals surface area contributed by atoms with Crippen molar-refractivity contribution in [1.29, 1.82) is 0 Å². The second-order valence-electron chi connectivity index (χ2n) is 3.56. The Labute approximate surface area is 70.8 Å². The summed E-state index contributed by atoms with van der Waals surface area (Å²) in [6, 6.07) is 1.79. The van der Waals surface area contributed by atoms with E-state index in [0.717, 1.165) is 12.1 Å². The zero-order valence-electron chi connectivity index (χ0n) is 8.14. The lowest BCUT2D eigenvalue weighted by molar-refractivity contribution is 0.0350. The lowest BCUT2D eigenvalue weighted by Gasteiger charge is -2.45. The molecule has 1 heteroatoms. The van der Waals surface area contributed by atoms with E-state index in [1.807, 2.05) is 0 Å². The standard InChI is InChI=1S/C10H21N/c1-4-9(5-2)11-8-7-10(11)6-3/h9-10H,4-8H2,1-3H3. The number of hydrogen-bond acceptors (Lipinski definition) is 1. The highest BCUT2D eigenvalue weighted by atomic mass is 15.2. The first kappa shape index (κ1) is 9.05. The summed E-state index contributed by atoms with van der Waals surface area (Å²) >= 11 is 0. The topological polar surface area (TPSA) is 3.24 Å². The Morgan fingerprint density at radius 3 is 2.18 bits per heavy atom. The van der Waals surface area contributed by atoms with Crippen molar-refractivity contribution in [3.63, 3.8) is 0 Å². The fraction of sp³-hybridized carbons (Fsp3) is 1.00. The third kappa shape index (κ3) is 1.76. The Morgan fingerprint density at radius 2 is 1.91 bits per heavy atom. The van der Waals surface area contributed by atoms with Crippen molar-refractivity contribution < 1.29 is 0 Å². The van der Waals surface area contributed by atoms with Crippen molar-refractivity contribution in [3.05, 3.63) is 0 Å². The van der Waals surface area contributed by atoms with Crippen LogP contribution in [-0.2, 0) is 0 Å². The molecular formula is C10H21N. The third-order valence-corrected chi connectivity index (χ3v) is 3.07. The molecule has 1 aliphatic rings. The van der Waals surface area contributed by atoms with Crippen LogP contribution in [-0.4, -0.2) is 23.5 Å². The molecule has 0 radical (unpaired) electrons. The van der Waals surface area contributed by atoms with Crippen molar-refractivity contribution in [3.8, 4) is 0 Å². The monoisotopic (exact) mass is 155 g/mol. The highest BCUT2D eigenvalue weighted by Gasteiger charge is 2.30. The number of nitrogens with zero attached hydrogens (tertiary/aromatic N) is 1. The molecule has 1 atom stereocenters. The lowest BCUT2D eigenvalue weighted by Crippen LogP contribution is -2.52. The SMILES string of the molecule is CCC(CC)N1CCC1CC. The fourth-order valence-corrected chi connectivity index (χ4v) is 2.14. The summed E-state index contributed by atoms with van der Waals surface area (Å²) in [6.45, 7) is 8.27. The molecule has 0 aromatic heterocycles. The molecule has 66 valence electrons. The first-order valence-electron chi connectivity index (χ1n) is 5.09. The third-order valence-electron chi connectivity index (χ3n) is 3.07. The molecule has 0 bridgehead atoms. The molecule has 1 nitrogen and oxygen atoms in total. The van der Waals surface area contributed by atoms with Gasteiger partial charge in [0.2, 0.25) is 0 Å². The minimum atomic E-state index is 0.869. The highest BCUT2D eigenvalue weighted by Crippen LogP contribution is 2.25. The zero-order chi connectivity index (χ0) is 8.27. The maximum Gasteiger partial charge on any atom is 0.0108 e. The molecule has 1 rings (SSSR count). The molecule has 0 saturated carbocycles. The second kappa shape index (κ2) is 4.10. The summed E-state index contributed by atoms with van der Waals surface area (Å²) in [7, 11) is 0. The molecule has 0 N–H and O–H groups in total. The Bertz CT molecular complexity index is 105. The summed E-state index contributed by atoms with van der Waals surface area (Å²) in [5.41, 5.74) is 0.